The van der Waals surface area contributed by atoms with Crippen LogP contribution in [-0.4, -0.2) is 31.3 Å². The summed E-state index contributed by atoms with van der Waals surface area (Å²) < 4.78 is 26.0. The number of carboxylic acids is 1. The number of aliphatic carboxylic acids is 1. The molecule has 0 spiro atoms. The van der Waals surface area contributed by atoms with Crippen LogP contribution in [0.2, 0.25) is 0 Å². The molecule has 1 rings (SSSR count). The van der Waals surface area contributed by atoms with E-state index in [1.807, 2.05) is 26.0 Å². The molecule has 0 aliphatic heterocycles. The molecule has 0 aliphatic rings. The fourth-order valence-electron chi connectivity index (χ4n) is 1.72. The predicted octanol–water partition coefficient (Wildman–Crippen LogP) is 1.77. The standard InChI is InChI=1S/C12H19NO4S2/c1-9(8-11-6-5-10(2)18-11)13-19(16,17)7-3-4-12(14)15/h5-6,9,13H,3-4,7-8H2,1-2H3,(H,14,15). The first-order valence-corrected chi connectivity index (χ1v) is 8.52. The molecule has 0 aliphatic carbocycles. The quantitative estimate of drug-likeness (QED) is 0.766. The number of carboxylic acid groups (broad SMARTS) is 1. The Bertz CT molecular complexity index is 522. The van der Waals surface area contributed by atoms with Crippen molar-refractivity contribution in [1.29, 1.82) is 0 Å². The van der Waals surface area contributed by atoms with Crippen LogP contribution in [-0.2, 0) is 21.2 Å². The predicted molar refractivity (Wildman–Crippen MR) is 76.0 cm³/mol. The number of hydrogen-bond acceptors (Lipinski definition) is 4. The van der Waals surface area contributed by atoms with Crippen LogP contribution in [0.5, 0.6) is 0 Å². The minimum absolute atomic E-state index is 0.126. The maximum Gasteiger partial charge on any atom is 0.303 e. The van der Waals surface area contributed by atoms with Gasteiger partial charge in [-0.3, -0.25) is 4.79 Å². The molecule has 0 saturated heterocycles. The van der Waals surface area contributed by atoms with Gasteiger partial charge in [-0.2, -0.15) is 0 Å². The zero-order valence-electron chi connectivity index (χ0n) is 11.0. The van der Waals surface area contributed by atoms with Gasteiger partial charge in [-0.1, -0.05) is 0 Å². The molecule has 108 valence electrons. The molecule has 19 heavy (non-hydrogen) atoms. The van der Waals surface area contributed by atoms with E-state index >= 15 is 0 Å². The average Bonchev–Trinajstić information content (AvgIpc) is 2.61. The smallest absolute Gasteiger partial charge is 0.303 e. The molecule has 1 heterocycles. The molecule has 1 aromatic heterocycles. The van der Waals surface area contributed by atoms with Gasteiger partial charge in [0, 0.05) is 22.2 Å². The maximum absolute atomic E-state index is 11.7. The number of aryl methyl sites for hydroxylation is 1. The fourth-order valence-corrected chi connectivity index (χ4v) is 4.07. The average molecular weight is 305 g/mol. The Kier molecular flexibility index (Phi) is 5.96. The van der Waals surface area contributed by atoms with Gasteiger partial charge in [0.15, 0.2) is 0 Å². The van der Waals surface area contributed by atoms with E-state index in [0.29, 0.717) is 6.42 Å². The highest BCUT2D eigenvalue weighted by Crippen LogP contribution is 2.16. The normalized spacial score (nSPS) is 13.4. The largest absolute Gasteiger partial charge is 0.481 e. The highest BCUT2D eigenvalue weighted by Gasteiger charge is 2.15. The number of nitrogens with one attached hydrogen (secondary N) is 1. The Hall–Kier alpha value is -0.920. The summed E-state index contributed by atoms with van der Waals surface area (Å²) in [7, 11) is -3.40. The molecule has 1 atom stereocenters. The molecule has 7 heteroatoms. The second-order valence-electron chi connectivity index (χ2n) is 4.55. The molecule has 1 aromatic rings. The lowest BCUT2D eigenvalue weighted by Gasteiger charge is -2.13. The van der Waals surface area contributed by atoms with E-state index < -0.39 is 16.0 Å². The number of sulfonamides is 1. The zero-order chi connectivity index (χ0) is 14.5. The van der Waals surface area contributed by atoms with Gasteiger partial charge in [0.1, 0.15) is 0 Å². The van der Waals surface area contributed by atoms with Gasteiger partial charge in [-0.25, -0.2) is 13.1 Å². The molecule has 0 aromatic carbocycles. The van der Waals surface area contributed by atoms with E-state index in [1.165, 1.54) is 4.88 Å². The molecular weight excluding hydrogens is 286 g/mol. The Morgan fingerprint density at radius 3 is 2.68 bits per heavy atom. The van der Waals surface area contributed by atoms with Gasteiger partial charge < -0.3 is 5.11 Å². The molecule has 1 unspecified atom stereocenters. The van der Waals surface area contributed by atoms with Crippen LogP contribution >= 0.6 is 11.3 Å². The minimum Gasteiger partial charge on any atom is -0.481 e. The Morgan fingerprint density at radius 1 is 1.47 bits per heavy atom. The first-order chi connectivity index (χ1) is 8.78. The van der Waals surface area contributed by atoms with E-state index in [0.717, 1.165) is 4.88 Å². The summed E-state index contributed by atoms with van der Waals surface area (Å²) in [6, 6.07) is 3.82. The third kappa shape index (κ3) is 6.70. The third-order valence-corrected chi connectivity index (χ3v) is 5.10. The molecule has 0 bridgehead atoms. The zero-order valence-corrected chi connectivity index (χ0v) is 12.7. The van der Waals surface area contributed by atoms with Crippen molar-refractivity contribution >= 4 is 27.3 Å². The van der Waals surface area contributed by atoms with Gasteiger partial charge in [0.05, 0.1) is 5.75 Å². The van der Waals surface area contributed by atoms with E-state index in [4.69, 9.17) is 5.11 Å². The summed E-state index contributed by atoms with van der Waals surface area (Å²) in [4.78, 5) is 12.7. The second kappa shape index (κ2) is 7.02. The third-order valence-electron chi connectivity index (χ3n) is 2.49. The van der Waals surface area contributed by atoms with Crippen LogP contribution in [0.15, 0.2) is 12.1 Å². The maximum atomic E-state index is 11.7. The van der Waals surface area contributed by atoms with Gasteiger partial charge in [0.2, 0.25) is 10.0 Å². The van der Waals surface area contributed by atoms with Gasteiger partial charge in [0.25, 0.3) is 0 Å². The molecule has 0 fully saturated rings. The SMILES string of the molecule is Cc1ccc(CC(C)NS(=O)(=O)CCCC(=O)O)s1. The first-order valence-electron chi connectivity index (χ1n) is 6.05. The van der Waals surface area contributed by atoms with Crippen LogP contribution < -0.4 is 4.72 Å². The van der Waals surface area contributed by atoms with Crippen molar-refractivity contribution < 1.29 is 18.3 Å². The molecule has 2 N–H and O–H groups in total. The number of hydrogen-bond donors (Lipinski definition) is 2. The Labute approximate surface area is 117 Å². The Morgan fingerprint density at radius 2 is 2.16 bits per heavy atom. The van der Waals surface area contributed by atoms with E-state index in [2.05, 4.69) is 4.72 Å². The number of rotatable bonds is 8. The monoisotopic (exact) mass is 305 g/mol. The molecule has 0 saturated carbocycles. The number of carbonyl (C=O) groups is 1. The lowest BCUT2D eigenvalue weighted by Crippen LogP contribution is -2.35. The lowest BCUT2D eigenvalue weighted by atomic mass is 10.2. The minimum atomic E-state index is -3.40. The van der Waals surface area contributed by atoms with Gasteiger partial charge in [-0.15, -0.1) is 11.3 Å². The highest BCUT2D eigenvalue weighted by atomic mass is 32.2. The topological polar surface area (TPSA) is 83.5 Å². The van der Waals surface area contributed by atoms with Crippen molar-refractivity contribution in [3.63, 3.8) is 0 Å². The first kappa shape index (κ1) is 16.1. The van der Waals surface area contributed by atoms with Crippen molar-refractivity contribution in [2.75, 3.05) is 5.75 Å². The van der Waals surface area contributed by atoms with Crippen LogP contribution in [0.4, 0.5) is 0 Å². The van der Waals surface area contributed by atoms with E-state index in [1.54, 1.807) is 11.3 Å². The molecular formula is C12H19NO4S2. The fraction of sp³-hybridized carbons (Fsp3) is 0.583. The van der Waals surface area contributed by atoms with E-state index in [9.17, 15) is 13.2 Å². The lowest BCUT2D eigenvalue weighted by molar-refractivity contribution is -0.137. The summed E-state index contributed by atoms with van der Waals surface area (Å²) in [5, 5.41) is 8.48. The van der Waals surface area contributed by atoms with Gasteiger partial charge >= 0.3 is 5.97 Å². The second-order valence-corrected chi connectivity index (χ2v) is 7.80. The van der Waals surface area contributed by atoms with Crippen molar-refractivity contribution in [3.05, 3.63) is 21.9 Å². The van der Waals surface area contributed by atoms with Crippen LogP contribution in [0.25, 0.3) is 0 Å². The van der Waals surface area contributed by atoms with E-state index in [-0.39, 0.29) is 24.6 Å². The molecule has 0 amide bonds. The molecule has 5 nitrogen and oxygen atoms in total. The van der Waals surface area contributed by atoms with Crippen molar-refractivity contribution in [2.24, 2.45) is 0 Å². The Balaban J connectivity index is 2.41. The summed E-state index contributed by atoms with van der Waals surface area (Å²) in [5.74, 6) is -1.12. The molecule has 0 radical (unpaired) electrons. The summed E-state index contributed by atoms with van der Waals surface area (Å²) in [5.41, 5.74) is 0. The van der Waals surface area contributed by atoms with Crippen LogP contribution in [0.3, 0.4) is 0 Å². The summed E-state index contributed by atoms with van der Waals surface area (Å²) in [6.45, 7) is 3.82. The summed E-state index contributed by atoms with van der Waals surface area (Å²) >= 11 is 1.65. The van der Waals surface area contributed by atoms with Gasteiger partial charge in [-0.05, 0) is 38.8 Å². The highest BCUT2D eigenvalue weighted by molar-refractivity contribution is 7.89. The summed E-state index contributed by atoms with van der Waals surface area (Å²) in [6.07, 6.45) is 0.658. The van der Waals surface area contributed by atoms with Crippen LogP contribution in [0, 0.1) is 6.92 Å². The van der Waals surface area contributed by atoms with Crippen LogP contribution in [0.1, 0.15) is 29.5 Å². The van der Waals surface area contributed by atoms with Crippen molar-refractivity contribution in [2.45, 2.75) is 39.2 Å². The van der Waals surface area contributed by atoms with Crippen molar-refractivity contribution in [3.8, 4) is 0 Å². The van der Waals surface area contributed by atoms with Crippen molar-refractivity contribution in [1.82, 2.24) is 4.72 Å². The number of thiophene rings is 1.